The van der Waals surface area contributed by atoms with Gasteiger partial charge in [-0.3, -0.25) is 9.59 Å². The molecule has 5 nitrogen and oxygen atoms in total. The lowest BCUT2D eigenvalue weighted by Crippen LogP contribution is -2.54. The summed E-state index contributed by atoms with van der Waals surface area (Å²) in [6, 6.07) is 2.89. The first-order valence-corrected chi connectivity index (χ1v) is 7.44. The summed E-state index contributed by atoms with van der Waals surface area (Å²) in [5.74, 6) is -0.511. The van der Waals surface area contributed by atoms with Crippen molar-refractivity contribution >= 4 is 39.1 Å². The van der Waals surface area contributed by atoms with E-state index in [0.29, 0.717) is 11.4 Å². The Morgan fingerprint density at radius 1 is 1.47 bits per heavy atom. The number of hydrogen-bond acceptors (Lipinski definition) is 4. The Kier molecular flexibility index (Phi) is 5.51. The molecule has 0 spiro atoms. The van der Waals surface area contributed by atoms with E-state index in [1.807, 2.05) is 13.8 Å². The van der Waals surface area contributed by atoms with Gasteiger partial charge in [0.2, 0.25) is 5.91 Å². The molecule has 1 aromatic rings. The van der Waals surface area contributed by atoms with E-state index in [1.54, 1.807) is 19.1 Å². The van der Waals surface area contributed by atoms with Gasteiger partial charge in [0.1, 0.15) is 6.04 Å². The zero-order valence-electron chi connectivity index (χ0n) is 11.1. The van der Waals surface area contributed by atoms with Crippen LogP contribution in [0.15, 0.2) is 15.9 Å². The summed E-state index contributed by atoms with van der Waals surface area (Å²) in [5.41, 5.74) is 5.06. The molecule has 0 saturated heterocycles. The minimum atomic E-state index is -0.612. The molecule has 0 radical (unpaired) electrons. The van der Waals surface area contributed by atoms with Gasteiger partial charge >= 0.3 is 0 Å². The summed E-state index contributed by atoms with van der Waals surface area (Å²) < 4.78 is 0.874. The maximum Gasteiger partial charge on any atom is 0.262 e. The maximum atomic E-state index is 11.9. The van der Waals surface area contributed by atoms with Crippen molar-refractivity contribution in [3.05, 3.63) is 20.8 Å². The molecule has 0 fully saturated rings. The van der Waals surface area contributed by atoms with Crippen LogP contribution in [0.4, 0.5) is 0 Å². The Balaban J connectivity index is 2.57. The van der Waals surface area contributed by atoms with Gasteiger partial charge in [-0.2, -0.15) is 0 Å². The Hall–Kier alpha value is -0.920. The van der Waals surface area contributed by atoms with Gasteiger partial charge in [0.05, 0.1) is 8.66 Å². The fraction of sp³-hybridized carbons (Fsp3) is 0.500. The second-order valence-corrected chi connectivity index (χ2v) is 7.34. The summed E-state index contributed by atoms with van der Waals surface area (Å²) >= 11 is 4.61. The molecule has 106 valence electrons. The molecule has 1 aromatic heterocycles. The van der Waals surface area contributed by atoms with Crippen molar-refractivity contribution in [2.75, 3.05) is 6.54 Å². The number of nitrogens with two attached hydrogens (primary N) is 1. The van der Waals surface area contributed by atoms with E-state index >= 15 is 0 Å². The highest BCUT2D eigenvalue weighted by Gasteiger charge is 2.23. The number of carbonyl (C=O) groups excluding carboxylic acids is 2. The lowest BCUT2D eigenvalue weighted by atomic mass is 10.1. The van der Waals surface area contributed by atoms with Crippen LogP contribution < -0.4 is 16.4 Å². The topological polar surface area (TPSA) is 84.2 Å². The Bertz CT molecular complexity index is 473. The van der Waals surface area contributed by atoms with Gasteiger partial charge in [-0.15, -0.1) is 11.3 Å². The second-order valence-electron chi connectivity index (χ2n) is 4.88. The zero-order chi connectivity index (χ0) is 14.6. The van der Waals surface area contributed by atoms with E-state index in [0.717, 1.165) is 3.79 Å². The quantitative estimate of drug-likeness (QED) is 0.754. The predicted octanol–water partition coefficient (Wildman–Crippen LogP) is 1.48. The van der Waals surface area contributed by atoms with Crippen LogP contribution in [-0.4, -0.2) is 29.9 Å². The number of hydrogen-bond donors (Lipinski definition) is 3. The molecule has 1 rings (SSSR count). The maximum absolute atomic E-state index is 11.9. The number of thiophene rings is 1. The van der Waals surface area contributed by atoms with Crippen LogP contribution in [0.2, 0.25) is 0 Å². The van der Waals surface area contributed by atoms with Crippen molar-refractivity contribution in [1.29, 1.82) is 0 Å². The summed E-state index contributed by atoms with van der Waals surface area (Å²) in [4.78, 5) is 24.3. The van der Waals surface area contributed by atoms with Gasteiger partial charge in [-0.1, -0.05) is 0 Å². The zero-order valence-corrected chi connectivity index (χ0v) is 13.5. The number of nitrogens with one attached hydrogen (secondary N) is 2. The summed E-state index contributed by atoms with van der Waals surface area (Å²) in [7, 11) is 0. The SMILES string of the molecule is CC(NC(=O)c1ccc(Br)s1)C(=O)NC(C)(C)CN. The van der Waals surface area contributed by atoms with Crippen LogP contribution in [0.25, 0.3) is 0 Å². The van der Waals surface area contributed by atoms with Crippen LogP contribution in [0.3, 0.4) is 0 Å². The first-order chi connectivity index (χ1) is 8.75. The van der Waals surface area contributed by atoms with Gasteiger partial charge in [0, 0.05) is 12.1 Å². The average molecular weight is 348 g/mol. The molecule has 0 saturated carbocycles. The Morgan fingerprint density at radius 2 is 2.11 bits per heavy atom. The fourth-order valence-electron chi connectivity index (χ4n) is 1.26. The van der Waals surface area contributed by atoms with Crippen LogP contribution in [0.1, 0.15) is 30.4 Å². The fourth-order valence-corrected chi connectivity index (χ4v) is 2.55. The van der Waals surface area contributed by atoms with Crippen LogP contribution >= 0.6 is 27.3 Å². The van der Waals surface area contributed by atoms with Gasteiger partial charge in [-0.05, 0) is 48.8 Å². The first kappa shape index (κ1) is 16.1. The molecule has 0 aromatic carbocycles. The van der Waals surface area contributed by atoms with Crippen molar-refractivity contribution in [1.82, 2.24) is 10.6 Å². The molecular formula is C12H18BrN3O2S. The molecule has 0 aliphatic rings. The first-order valence-electron chi connectivity index (χ1n) is 5.83. The highest BCUT2D eigenvalue weighted by molar-refractivity contribution is 9.11. The highest BCUT2D eigenvalue weighted by atomic mass is 79.9. The van der Waals surface area contributed by atoms with Crippen molar-refractivity contribution in [2.24, 2.45) is 5.73 Å². The van der Waals surface area contributed by atoms with Gasteiger partial charge < -0.3 is 16.4 Å². The van der Waals surface area contributed by atoms with Gasteiger partial charge in [0.25, 0.3) is 5.91 Å². The summed E-state index contributed by atoms with van der Waals surface area (Å²) in [6.07, 6.45) is 0. The van der Waals surface area contributed by atoms with E-state index < -0.39 is 11.6 Å². The highest BCUT2D eigenvalue weighted by Crippen LogP contribution is 2.21. The summed E-state index contributed by atoms with van der Waals surface area (Å²) in [6.45, 7) is 5.63. The van der Waals surface area contributed by atoms with E-state index in [2.05, 4.69) is 26.6 Å². The van der Waals surface area contributed by atoms with E-state index in [4.69, 9.17) is 5.73 Å². The molecule has 4 N–H and O–H groups in total. The van der Waals surface area contributed by atoms with Crippen LogP contribution in [0.5, 0.6) is 0 Å². The molecular weight excluding hydrogens is 330 g/mol. The largest absolute Gasteiger partial charge is 0.348 e. The van der Waals surface area contributed by atoms with Crippen LogP contribution in [-0.2, 0) is 4.79 Å². The molecule has 0 aliphatic carbocycles. The summed E-state index contributed by atoms with van der Waals surface area (Å²) in [5, 5.41) is 5.44. The van der Waals surface area contributed by atoms with Crippen molar-refractivity contribution < 1.29 is 9.59 Å². The van der Waals surface area contributed by atoms with Crippen molar-refractivity contribution in [2.45, 2.75) is 32.4 Å². The molecule has 7 heteroatoms. The molecule has 0 bridgehead atoms. The van der Waals surface area contributed by atoms with E-state index in [1.165, 1.54) is 11.3 Å². The Labute approximate surface area is 125 Å². The second kappa shape index (κ2) is 6.49. The predicted molar refractivity (Wildman–Crippen MR) is 80.2 cm³/mol. The van der Waals surface area contributed by atoms with Crippen molar-refractivity contribution in [3.8, 4) is 0 Å². The van der Waals surface area contributed by atoms with E-state index in [9.17, 15) is 9.59 Å². The van der Waals surface area contributed by atoms with Gasteiger partial charge in [0.15, 0.2) is 0 Å². The normalized spacial score (nSPS) is 12.9. The molecule has 19 heavy (non-hydrogen) atoms. The molecule has 1 atom stereocenters. The number of halogens is 1. The lowest BCUT2D eigenvalue weighted by molar-refractivity contribution is -0.124. The molecule has 0 aliphatic heterocycles. The third-order valence-electron chi connectivity index (χ3n) is 2.51. The number of rotatable bonds is 5. The monoisotopic (exact) mass is 347 g/mol. The minimum Gasteiger partial charge on any atom is -0.348 e. The molecule has 1 unspecified atom stereocenters. The Morgan fingerprint density at radius 3 is 2.58 bits per heavy atom. The lowest BCUT2D eigenvalue weighted by Gasteiger charge is -2.26. The third kappa shape index (κ3) is 4.93. The smallest absolute Gasteiger partial charge is 0.262 e. The standard InChI is InChI=1S/C12H18BrN3O2S/c1-7(10(17)16-12(2,3)6-14)15-11(18)8-4-5-9(13)19-8/h4-5,7H,6,14H2,1-3H3,(H,15,18)(H,16,17). The number of carbonyl (C=O) groups is 2. The van der Waals surface area contributed by atoms with E-state index in [-0.39, 0.29) is 11.8 Å². The third-order valence-corrected chi connectivity index (χ3v) is 4.13. The minimum absolute atomic E-state index is 0.251. The number of amides is 2. The average Bonchev–Trinajstić information content (AvgIpc) is 2.75. The molecule has 1 heterocycles. The van der Waals surface area contributed by atoms with Crippen LogP contribution in [0, 0.1) is 0 Å². The van der Waals surface area contributed by atoms with Crippen molar-refractivity contribution in [3.63, 3.8) is 0 Å². The van der Waals surface area contributed by atoms with Gasteiger partial charge in [-0.25, -0.2) is 0 Å². The molecule has 2 amide bonds.